The van der Waals surface area contributed by atoms with E-state index >= 15 is 0 Å². The molecule has 1 N–H and O–H groups in total. The second-order valence-corrected chi connectivity index (χ2v) is 5.53. The lowest BCUT2D eigenvalue weighted by molar-refractivity contribution is 0.0783. The maximum absolute atomic E-state index is 12.7. The summed E-state index contributed by atoms with van der Waals surface area (Å²) in [5, 5.41) is 3.34. The Bertz CT molecular complexity index is 661. The van der Waals surface area contributed by atoms with E-state index < -0.39 is 0 Å². The molecule has 2 heterocycles. The van der Waals surface area contributed by atoms with Gasteiger partial charge in [-0.15, -0.1) is 0 Å². The van der Waals surface area contributed by atoms with Gasteiger partial charge in [0.1, 0.15) is 5.76 Å². The van der Waals surface area contributed by atoms with Gasteiger partial charge >= 0.3 is 0 Å². The molecule has 4 nitrogen and oxygen atoms in total. The van der Waals surface area contributed by atoms with Gasteiger partial charge in [0.05, 0.1) is 6.26 Å². The lowest BCUT2D eigenvalue weighted by Gasteiger charge is -2.23. The number of nitrogens with zero attached hydrogens (tertiary/aromatic N) is 1. The Labute approximate surface area is 124 Å². The summed E-state index contributed by atoms with van der Waals surface area (Å²) in [5.41, 5.74) is 4.31. The van der Waals surface area contributed by atoms with Gasteiger partial charge in [0, 0.05) is 31.3 Å². The molecule has 1 aromatic carbocycles. The van der Waals surface area contributed by atoms with Crippen molar-refractivity contribution in [3.63, 3.8) is 0 Å². The summed E-state index contributed by atoms with van der Waals surface area (Å²) in [6, 6.07) is 7.92. The third kappa shape index (κ3) is 2.72. The molecule has 0 unspecified atom stereocenters. The summed E-state index contributed by atoms with van der Waals surface area (Å²) in [6.07, 6.45) is 2.58. The van der Waals surface area contributed by atoms with Crippen LogP contribution in [0.15, 0.2) is 34.9 Å². The van der Waals surface area contributed by atoms with Crippen LogP contribution in [0.3, 0.4) is 0 Å². The highest BCUT2D eigenvalue weighted by Crippen LogP contribution is 2.21. The van der Waals surface area contributed by atoms with Gasteiger partial charge in [0.25, 0.3) is 5.91 Å². The minimum atomic E-state index is 0.0781. The maximum Gasteiger partial charge on any atom is 0.254 e. The first kappa shape index (κ1) is 13.9. The Balaban J connectivity index is 1.83. The number of aryl methyl sites for hydroxylation is 1. The van der Waals surface area contributed by atoms with Crippen molar-refractivity contribution in [1.29, 1.82) is 0 Å². The fourth-order valence-electron chi connectivity index (χ4n) is 2.84. The van der Waals surface area contributed by atoms with Crippen LogP contribution in [0.1, 0.15) is 32.8 Å². The zero-order valence-corrected chi connectivity index (χ0v) is 12.5. The summed E-state index contributed by atoms with van der Waals surface area (Å²) >= 11 is 0. The SMILES string of the molecule is Cc1occc1CN(C)C(=O)c1cccc2c1CCNC2. The van der Waals surface area contributed by atoms with E-state index in [1.165, 1.54) is 11.1 Å². The lowest BCUT2D eigenvalue weighted by atomic mass is 9.95. The van der Waals surface area contributed by atoms with Gasteiger partial charge in [-0.2, -0.15) is 0 Å². The molecule has 2 aromatic rings. The van der Waals surface area contributed by atoms with Gasteiger partial charge in [0.2, 0.25) is 0 Å². The zero-order valence-electron chi connectivity index (χ0n) is 12.5. The van der Waals surface area contributed by atoms with Crippen LogP contribution in [0, 0.1) is 6.92 Å². The van der Waals surface area contributed by atoms with E-state index in [0.29, 0.717) is 6.54 Å². The number of nitrogens with one attached hydrogen (secondary N) is 1. The second kappa shape index (κ2) is 5.74. The first-order valence-corrected chi connectivity index (χ1v) is 7.26. The molecule has 4 heteroatoms. The van der Waals surface area contributed by atoms with Gasteiger partial charge in [-0.1, -0.05) is 12.1 Å². The summed E-state index contributed by atoms with van der Waals surface area (Å²) in [4.78, 5) is 14.5. The fraction of sp³-hybridized carbons (Fsp3) is 0.353. The van der Waals surface area contributed by atoms with Gasteiger partial charge in [0.15, 0.2) is 0 Å². The molecule has 110 valence electrons. The summed E-state index contributed by atoms with van der Waals surface area (Å²) in [7, 11) is 1.84. The van der Waals surface area contributed by atoms with Crippen LogP contribution in [0.5, 0.6) is 0 Å². The van der Waals surface area contributed by atoms with E-state index in [4.69, 9.17) is 4.42 Å². The number of fused-ring (bicyclic) bond motifs is 1. The molecular formula is C17H20N2O2. The number of carbonyl (C=O) groups is 1. The Morgan fingerprint density at radius 2 is 2.24 bits per heavy atom. The number of hydrogen-bond donors (Lipinski definition) is 1. The van der Waals surface area contributed by atoms with Gasteiger partial charge < -0.3 is 14.6 Å². The van der Waals surface area contributed by atoms with E-state index in [1.807, 2.05) is 32.2 Å². The van der Waals surface area contributed by atoms with Crippen molar-refractivity contribution >= 4 is 5.91 Å². The van der Waals surface area contributed by atoms with Crippen LogP contribution in [-0.2, 0) is 19.5 Å². The Kier molecular flexibility index (Phi) is 3.80. The zero-order chi connectivity index (χ0) is 14.8. The summed E-state index contributed by atoms with van der Waals surface area (Å²) in [6.45, 7) is 4.27. The van der Waals surface area contributed by atoms with Gasteiger partial charge in [-0.3, -0.25) is 4.79 Å². The van der Waals surface area contributed by atoms with Crippen molar-refractivity contribution in [1.82, 2.24) is 10.2 Å². The second-order valence-electron chi connectivity index (χ2n) is 5.53. The average Bonchev–Trinajstić information content (AvgIpc) is 2.91. The Morgan fingerprint density at radius 3 is 3.00 bits per heavy atom. The minimum absolute atomic E-state index is 0.0781. The molecule has 0 saturated heterocycles. The smallest absolute Gasteiger partial charge is 0.254 e. The van der Waals surface area contributed by atoms with Gasteiger partial charge in [-0.25, -0.2) is 0 Å². The third-order valence-corrected chi connectivity index (χ3v) is 4.09. The number of furan rings is 1. The first-order chi connectivity index (χ1) is 10.2. The van der Waals surface area contributed by atoms with Crippen molar-refractivity contribution in [3.8, 4) is 0 Å². The number of hydrogen-bond acceptors (Lipinski definition) is 3. The molecule has 0 aliphatic carbocycles. The molecule has 0 atom stereocenters. The lowest BCUT2D eigenvalue weighted by Crippen LogP contribution is -2.30. The van der Waals surface area contributed by atoms with E-state index in [2.05, 4.69) is 11.4 Å². The van der Waals surface area contributed by atoms with E-state index in [1.54, 1.807) is 11.2 Å². The molecular weight excluding hydrogens is 264 g/mol. The van der Waals surface area contributed by atoms with Crippen molar-refractivity contribution in [2.45, 2.75) is 26.4 Å². The molecule has 1 aliphatic rings. The van der Waals surface area contributed by atoms with Crippen LogP contribution < -0.4 is 5.32 Å². The predicted molar refractivity (Wildman–Crippen MR) is 81.1 cm³/mol. The minimum Gasteiger partial charge on any atom is -0.469 e. The highest BCUT2D eigenvalue weighted by Gasteiger charge is 2.20. The third-order valence-electron chi connectivity index (χ3n) is 4.09. The molecule has 0 fully saturated rings. The van der Waals surface area contributed by atoms with E-state index in [-0.39, 0.29) is 5.91 Å². The van der Waals surface area contributed by atoms with Crippen molar-refractivity contribution in [2.24, 2.45) is 0 Å². The highest BCUT2D eigenvalue weighted by molar-refractivity contribution is 5.96. The van der Waals surface area contributed by atoms with Gasteiger partial charge in [-0.05, 0) is 43.1 Å². The molecule has 1 aromatic heterocycles. The molecule has 0 spiro atoms. The van der Waals surface area contributed by atoms with Crippen molar-refractivity contribution in [2.75, 3.05) is 13.6 Å². The largest absolute Gasteiger partial charge is 0.469 e. The summed E-state index contributed by atoms with van der Waals surface area (Å²) in [5.74, 6) is 0.947. The van der Waals surface area contributed by atoms with Crippen molar-refractivity contribution < 1.29 is 9.21 Å². The number of carbonyl (C=O) groups excluding carboxylic acids is 1. The standard InChI is InChI=1S/C17H20N2O2/c1-12-14(7-9-21-12)11-19(2)17(20)16-5-3-4-13-10-18-8-6-15(13)16/h3-5,7,9,18H,6,8,10-11H2,1-2H3. The molecule has 0 radical (unpaired) electrons. The Morgan fingerprint density at radius 1 is 1.38 bits per heavy atom. The van der Waals surface area contributed by atoms with Crippen LogP contribution in [0.25, 0.3) is 0 Å². The molecule has 3 rings (SSSR count). The number of rotatable bonds is 3. The molecule has 1 aliphatic heterocycles. The Hall–Kier alpha value is -2.07. The number of amides is 1. The fourth-order valence-corrected chi connectivity index (χ4v) is 2.84. The first-order valence-electron chi connectivity index (χ1n) is 7.26. The molecule has 21 heavy (non-hydrogen) atoms. The molecule has 1 amide bonds. The number of benzene rings is 1. The maximum atomic E-state index is 12.7. The van der Waals surface area contributed by atoms with Crippen molar-refractivity contribution in [3.05, 3.63) is 58.5 Å². The molecule has 0 saturated carbocycles. The van der Waals surface area contributed by atoms with E-state index in [9.17, 15) is 4.79 Å². The highest BCUT2D eigenvalue weighted by atomic mass is 16.3. The summed E-state index contributed by atoms with van der Waals surface area (Å²) < 4.78 is 5.30. The van der Waals surface area contributed by atoms with Crippen LogP contribution >= 0.6 is 0 Å². The average molecular weight is 284 g/mol. The molecule has 0 bridgehead atoms. The normalized spacial score (nSPS) is 13.8. The quantitative estimate of drug-likeness (QED) is 0.942. The van der Waals surface area contributed by atoms with Crippen LogP contribution in [-0.4, -0.2) is 24.4 Å². The van der Waals surface area contributed by atoms with E-state index in [0.717, 1.165) is 36.4 Å². The van der Waals surface area contributed by atoms with Crippen LogP contribution in [0.4, 0.5) is 0 Å². The monoisotopic (exact) mass is 284 g/mol. The van der Waals surface area contributed by atoms with Crippen LogP contribution in [0.2, 0.25) is 0 Å². The predicted octanol–water partition coefficient (Wildman–Crippen LogP) is 2.51. The topological polar surface area (TPSA) is 45.5 Å².